The van der Waals surface area contributed by atoms with Gasteiger partial charge in [0.2, 0.25) is 0 Å². The van der Waals surface area contributed by atoms with Gasteiger partial charge in [-0.1, -0.05) is 13.8 Å². The maximum Gasteiger partial charge on any atom is 0.149 e. The molecule has 0 unspecified atom stereocenters. The van der Waals surface area contributed by atoms with Gasteiger partial charge in [-0.3, -0.25) is 4.68 Å². The van der Waals surface area contributed by atoms with E-state index < -0.39 is 0 Å². The molecule has 4 heteroatoms. The summed E-state index contributed by atoms with van der Waals surface area (Å²) in [6.45, 7) is 6.01. The van der Waals surface area contributed by atoms with Gasteiger partial charge in [-0.2, -0.15) is 5.10 Å². The minimum Gasteiger partial charge on any atom is -0.494 e. The predicted molar refractivity (Wildman–Crippen MR) is 67.8 cm³/mol. The number of rotatable bonds is 1. The van der Waals surface area contributed by atoms with E-state index in [1.165, 1.54) is 0 Å². The van der Waals surface area contributed by atoms with Gasteiger partial charge in [0.1, 0.15) is 11.3 Å². The van der Waals surface area contributed by atoms with Crippen LogP contribution in [0.15, 0.2) is 12.1 Å². The highest BCUT2D eigenvalue weighted by Gasteiger charge is 2.10. The maximum atomic E-state index is 5.76. The lowest BCUT2D eigenvalue weighted by Crippen LogP contribution is -1.91. The zero-order chi connectivity index (χ0) is 12.3. The Balaban J connectivity index is 0.000000606. The molecule has 1 heterocycles. The first-order valence-corrected chi connectivity index (χ1v) is 5.40. The second kappa shape index (κ2) is 4.88. The van der Waals surface area contributed by atoms with Crippen LogP contribution in [-0.2, 0) is 7.05 Å². The summed E-state index contributed by atoms with van der Waals surface area (Å²) in [6.07, 6.45) is 0. The van der Waals surface area contributed by atoms with Crippen molar-refractivity contribution in [1.82, 2.24) is 9.78 Å². The van der Waals surface area contributed by atoms with Crippen LogP contribution in [0.25, 0.3) is 10.9 Å². The lowest BCUT2D eigenvalue weighted by atomic mass is 10.2. The summed E-state index contributed by atoms with van der Waals surface area (Å²) in [4.78, 5) is 0. The zero-order valence-electron chi connectivity index (χ0n) is 10.5. The smallest absolute Gasteiger partial charge is 0.149 e. The second-order valence-corrected chi connectivity index (χ2v) is 3.33. The molecule has 0 amide bonds. The maximum absolute atomic E-state index is 5.76. The molecular formula is C12H19N3O. The number of aromatic nitrogens is 2. The topological polar surface area (TPSA) is 53.1 Å². The molecule has 4 nitrogen and oxygen atoms in total. The Labute approximate surface area is 96.0 Å². The molecule has 0 saturated carbocycles. The largest absolute Gasteiger partial charge is 0.494 e. The molecule has 0 aliphatic rings. The second-order valence-electron chi connectivity index (χ2n) is 3.33. The molecule has 2 rings (SSSR count). The minimum atomic E-state index is 0.699. The highest BCUT2D eigenvalue weighted by Crippen LogP contribution is 2.29. The van der Waals surface area contributed by atoms with Crippen LogP contribution in [0.4, 0.5) is 5.69 Å². The number of anilines is 1. The molecule has 0 bridgehead atoms. The fourth-order valence-corrected chi connectivity index (χ4v) is 1.56. The molecule has 0 fully saturated rings. The molecule has 0 aliphatic carbocycles. The van der Waals surface area contributed by atoms with E-state index in [9.17, 15) is 0 Å². The third-order valence-electron chi connectivity index (χ3n) is 2.44. The van der Waals surface area contributed by atoms with E-state index in [1.54, 1.807) is 13.2 Å². The van der Waals surface area contributed by atoms with Crippen molar-refractivity contribution in [3.8, 4) is 5.75 Å². The minimum absolute atomic E-state index is 0.699. The van der Waals surface area contributed by atoms with Crippen molar-refractivity contribution >= 4 is 16.6 Å². The molecular weight excluding hydrogens is 202 g/mol. The molecule has 1 aromatic carbocycles. The SMILES string of the molecule is CC.COc1cc(N)cc2c(C)n(C)nc12. The van der Waals surface area contributed by atoms with E-state index >= 15 is 0 Å². The van der Waals surface area contributed by atoms with Crippen LogP contribution in [0.5, 0.6) is 5.75 Å². The number of ether oxygens (including phenoxy) is 1. The summed E-state index contributed by atoms with van der Waals surface area (Å²) in [6, 6.07) is 3.70. The highest BCUT2D eigenvalue weighted by molar-refractivity contribution is 5.89. The summed E-state index contributed by atoms with van der Waals surface area (Å²) < 4.78 is 7.05. The molecule has 16 heavy (non-hydrogen) atoms. The number of methoxy groups -OCH3 is 1. The molecule has 0 aliphatic heterocycles. The fourth-order valence-electron chi connectivity index (χ4n) is 1.56. The van der Waals surface area contributed by atoms with Crippen molar-refractivity contribution < 1.29 is 4.74 Å². The van der Waals surface area contributed by atoms with Crippen LogP contribution in [0.3, 0.4) is 0 Å². The molecule has 0 radical (unpaired) electrons. The van der Waals surface area contributed by atoms with Crippen molar-refractivity contribution in [3.63, 3.8) is 0 Å². The van der Waals surface area contributed by atoms with Gasteiger partial charge in [0.15, 0.2) is 0 Å². The Morgan fingerprint density at radius 1 is 1.31 bits per heavy atom. The standard InChI is InChI=1S/C10H13N3O.C2H6/c1-6-8-4-7(11)5-9(14-3)10(8)12-13(6)2;1-2/h4-5H,11H2,1-3H3;1-2H3. The van der Waals surface area contributed by atoms with E-state index in [4.69, 9.17) is 10.5 Å². The van der Waals surface area contributed by atoms with Crippen LogP contribution in [0.2, 0.25) is 0 Å². The van der Waals surface area contributed by atoms with E-state index in [0.29, 0.717) is 5.69 Å². The summed E-state index contributed by atoms with van der Waals surface area (Å²) in [5.74, 6) is 0.726. The van der Waals surface area contributed by atoms with Gasteiger partial charge in [0, 0.05) is 29.9 Å². The third-order valence-corrected chi connectivity index (χ3v) is 2.44. The number of hydrogen-bond donors (Lipinski definition) is 1. The van der Waals surface area contributed by atoms with Crippen LogP contribution in [-0.4, -0.2) is 16.9 Å². The Bertz CT molecular complexity index is 488. The van der Waals surface area contributed by atoms with E-state index in [1.807, 2.05) is 38.6 Å². The number of nitrogens with zero attached hydrogens (tertiary/aromatic N) is 2. The molecule has 1 aromatic heterocycles. The van der Waals surface area contributed by atoms with Gasteiger partial charge in [-0.05, 0) is 13.0 Å². The Hall–Kier alpha value is -1.71. The fraction of sp³-hybridized carbons (Fsp3) is 0.417. The summed E-state index contributed by atoms with van der Waals surface area (Å²) in [5.41, 5.74) is 8.41. The molecule has 88 valence electrons. The van der Waals surface area contributed by atoms with E-state index in [-0.39, 0.29) is 0 Å². The van der Waals surface area contributed by atoms with Crippen LogP contribution in [0.1, 0.15) is 19.5 Å². The molecule has 2 N–H and O–H groups in total. The lowest BCUT2D eigenvalue weighted by Gasteiger charge is -2.01. The van der Waals surface area contributed by atoms with Gasteiger partial charge in [-0.25, -0.2) is 0 Å². The van der Waals surface area contributed by atoms with Gasteiger partial charge >= 0.3 is 0 Å². The highest BCUT2D eigenvalue weighted by atomic mass is 16.5. The molecule has 2 aromatic rings. The Morgan fingerprint density at radius 2 is 1.94 bits per heavy atom. The van der Waals surface area contributed by atoms with Crippen molar-refractivity contribution in [2.24, 2.45) is 7.05 Å². The van der Waals surface area contributed by atoms with E-state index in [2.05, 4.69) is 5.10 Å². The molecule has 0 atom stereocenters. The Kier molecular flexibility index (Phi) is 3.77. The van der Waals surface area contributed by atoms with Gasteiger partial charge in [0.05, 0.1) is 7.11 Å². The lowest BCUT2D eigenvalue weighted by molar-refractivity contribution is 0.418. The summed E-state index contributed by atoms with van der Waals surface area (Å²) >= 11 is 0. The van der Waals surface area contributed by atoms with Gasteiger partial charge < -0.3 is 10.5 Å². The summed E-state index contributed by atoms with van der Waals surface area (Å²) in [7, 11) is 3.53. The van der Waals surface area contributed by atoms with Crippen molar-refractivity contribution in [2.45, 2.75) is 20.8 Å². The number of benzene rings is 1. The average Bonchev–Trinajstić information content (AvgIpc) is 2.58. The van der Waals surface area contributed by atoms with Gasteiger partial charge in [0.25, 0.3) is 0 Å². The number of nitrogen functional groups attached to an aromatic ring is 1. The van der Waals surface area contributed by atoms with Crippen molar-refractivity contribution in [3.05, 3.63) is 17.8 Å². The number of fused-ring (bicyclic) bond motifs is 1. The number of nitrogens with two attached hydrogens (primary N) is 1. The normalized spacial score (nSPS) is 9.81. The monoisotopic (exact) mass is 221 g/mol. The van der Waals surface area contributed by atoms with Crippen LogP contribution >= 0.6 is 0 Å². The van der Waals surface area contributed by atoms with Gasteiger partial charge in [-0.15, -0.1) is 0 Å². The first-order valence-electron chi connectivity index (χ1n) is 5.40. The average molecular weight is 221 g/mol. The zero-order valence-corrected chi connectivity index (χ0v) is 10.5. The molecule has 0 saturated heterocycles. The first-order chi connectivity index (χ1) is 7.63. The summed E-state index contributed by atoms with van der Waals surface area (Å²) in [5, 5.41) is 5.41. The first kappa shape index (κ1) is 12.4. The van der Waals surface area contributed by atoms with Crippen molar-refractivity contribution in [2.75, 3.05) is 12.8 Å². The number of aryl methyl sites for hydroxylation is 2. The Morgan fingerprint density at radius 3 is 2.50 bits per heavy atom. The van der Waals surface area contributed by atoms with Crippen LogP contribution < -0.4 is 10.5 Å². The number of hydrogen-bond acceptors (Lipinski definition) is 3. The quantitative estimate of drug-likeness (QED) is 0.753. The van der Waals surface area contributed by atoms with E-state index in [0.717, 1.165) is 22.3 Å². The van der Waals surface area contributed by atoms with Crippen molar-refractivity contribution in [1.29, 1.82) is 0 Å². The van der Waals surface area contributed by atoms with Crippen LogP contribution in [0, 0.1) is 6.92 Å². The molecule has 0 spiro atoms. The third kappa shape index (κ3) is 1.96. The predicted octanol–water partition coefficient (Wildman–Crippen LogP) is 2.50.